The van der Waals surface area contributed by atoms with Crippen LogP contribution in [0.15, 0.2) is 23.0 Å². The van der Waals surface area contributed by atoms with Gasteiger partial charge in [-0.25, -0.2) is 0 Å². The van der Waals surface area contributed by atoms with Gasteiger partial charge in [-0.1, -0.05) is 5.16 Å². The maximum absolute atomic E-state index is 5.53. The van der Waals surface area contributed by atoms with Crippen LogP contribution in [-0.4, -0.2) is 62.7 Å². The van der Waals surface area contributed by atoms with Crippen LogP contribution in [0.1, 0.15) is 17.0 Å². The number of fused-ring (bicyclic) bond motifs is 2. The normalized spacial score (nSPS) is 17.9. The van der Waals surface area contributed by atoms with Gasteiger partial charge in [-0.15, -0.1) is 15.3 Å². The Morgan fingerprint density at radius 1 is 1.32 bits per heavy atom. The highest BCUT2D eigenvalue weighted by atomic mass is 16.5. The van der Waals surface area contributed by atoms with Crippen LogP contribution in [0.2, 0.25) is 0 Å². The number of ether oxygens (including phenoxy) is 1. The Kier molecular flexibility index (Phi) is 3.42. The van der Waals surface area contributed by atoms with Gasteiger partial charge in [0.15, 0.2) is 5.65 Å². The fraction of sp³-hybridized carbons (Fsp3) is 0.500. The van der Waals surface area contributed by atoms with Crippen molar-refractivity contribution in [2.75, 3.05) is 31.6 Å². The van der Waals surface area contributed by atoms with Gasteiger partial charge in [0.2, 0.25) is 0 Å². The maximum atomic E-state index is 5.53. The highest BCUT2D eigenvalue weighted by Gasteiger charge is 2.32. The number of nitrogens with zero attached hydrogens (tertiary/aromatic N) is 7. The van der Waals surface area contributed by atoms with Crippen molar-refractivity contribution in [1.82, 2.24) is 29.9 Å². The van der Waals surface area contributed by atoms with E-state index >= 15 is 0 Å². The van der Waals surface area contributed by atoms with Crippen LogP contribution in [0.25, 0.3) is 5.65 Å². The minimum Gasteiger partial charge on any atom is -0.376 e. The molecule has 0 radical (unpaired) electrons. The van der Waals surface area contributed by atoms with E-state index in [1.807, 2.05) is 12.1 Å². The first-order chi connectivity index (χ1) is 12.3. The molecule has 25 heavy (non-hydrogen) atoms. The Bertz CT molecular complexity index is 899. The highest BCUT2D eigenvalue weighted by Crippen LogP contribution is 2.25. The number of hydrogen-bond acceptors (Lipinski definition) is 8. The standard InChI is InChI=1S/C16H19N7O2/c1-21(8-13-12-9-24-5-4-14(12)25-20-13)11-6-22(7-11)16-3-2-15-18-17-10-23(15)19-16/h2-3,10-11H,4-9H2,1H3. The molecular formula is C16H19N7O2. The minimum atomic E-state index is 0.468. The number of aromatic nitrogens is 5. The molecule has 1 fully saturated rings. The molecule has 1 saturated heterocycles. The molecule has 2 aliphatic rings. The molecule has 0 bridgehead atoms. The number of hydrogen-bond donors (Lipinski definition) is 0. The van der Waals surface area contributed by atoms with Gasteiger partial charge in [0.25, 0.3) is 0 Å². The van der Waals surface area contributed by atoms with Gasteiger partial charge in [-0.05, 0) is 19.2 Å². The Balaban J connectivity index is 1.23. The second kappa shape index (κ2) is 5.78. The Morgan fingerprint density at radius 3 is 3.16 bits per heavy atom. The van der Waals surface area contributed by atoms with Gasteiger partial charge in [0.05, 0.1) is 13.2 Å². The average Bonchev–Trinajstić information content (AvgIpc) is 3.20. The van der Waals surface area contributed by atoms with Crippen molar-refractivity contribution >= 4 is 11.5 Å². The fourth-order valence-electron chi connectivity index (χ4n) is 3.38. The molecule has 0 N–H and O–H groups in total. The summed E-state index contributed by atoms with van der Waals surface area (Å²) >= 11 is 0. The first kappa shape index (κ1) is 14.8. The molecule has 130 valence electrons. The number of likely N-dealkylation sites (N-methyl/N-ethyl adjacent to an activating group) is 1. The topological polar surface area (TPSA) is 84.8 Å². The van der Waals surface area contributed by atoms with Gasteiger partial charge < -0.3 is 14.2 Å². The molecule has 0 aliphatic carbocycles. The molecule has 9 heteroatoms. The van der Waals surface area contributed by atoms with E-state index in [0.29, 0.717) is 12.6 Å². The molecule has 0 unspecified atom stereocenters. The van der Waals surface area contributed by atoms with Crippen molar-refractivity contribution in [3.05, 3.63) is 35.5 Å². The molecule has 2 aliphatic heterocycles. The summed E-state index contributed by atoms with van der Waals surface area (Å²) in [7, 11) is 2.13. The molecule has 3 aromatic rings. The van der Waals surface area contributed by atoms with Gasteiger partial charge in [0, 0.05) is 37.7 Å². The van der Waals surface area contributed by atoms with Gasteiger partial charge >= 0.3 is 0 Å². The molecule has 5 rings (SSSR count). The summed E-state index contributed by atoms with van der Waals surface area (Å²) in [5.41, 5.74) is 2.89. The van der Waals surface area contributed by atoms with E-state index < -0.39 is 0 Å². The van der Waals surface area contributed by atoms with Crippen molar-refractivity contribution < 1.29 is 9.26 Å². The molecule has 0 atom stereocenters. The maximum Gasteiger partial charge on any atom is 0.177 e. The smallest absolute Gasteiger partial charge is 0.177 e. The van der Waals surface area contributed by atoms with E-state index in [-0.39, 0.29) is 0 Å². The van der Waals surface area contributed by atoms with E-state index in [9.17, 15) is 0 Å². The average molecular weight is 341 g/mol. The van der Waals surface area contributed by atoms with Crippen LogP contribution in [0.3, 0.4) is 0 Å². The summed E-state index contributed by atoms with van der Waals surface area (Å²) in [5, 5.41) is 16.6. The third-order valence-corrected chi connectivity index (χ3v) is 5.03. The molecule has 9 nitrogen and oxygen atoms in total. The highest BCUT2D eigenvalue weighted by molar-refractivity contribution is 5.47. The van der Waals surface area contributed by atoms with Gasteiger partial charge in [-0.2, -0.15) is 4.52 Å². The van der Waals surface area contributed by atoms with Crippen LogP contribution in [0, 0.1) is 0 Å². The molecule has 0 spiro atoms. The largest absolute Gasteiger partial charge is 0.376 e. The molecule has 0 aromatic carbocycles. The minimum absolute atomic E-state index is 0.468. The predicted octanol–water partition coefficient (Wildman–Crippen LogP) is 0.506. The molecule has 0 amide bonds. The first-order valence-corrected chi connectivity index (χ1v) is 8.44. The summed E-state index contributed by atoms with van der Waals surface area (Å²) in [5.74, 6) is 1.93. The summed E-state index contributed by atoms with van der Waals surface area (Å²) in [6.07, 6.45) is 2.44. The van der Waals surface area contributed by atoms with Crippen LogP contribution < -0.4 is 4.90 Å². The van der Waals surface area contributed by atoms with Crippen molar-refractivity contribution in [3.63, 3.8) is 0 Å². The summed E-state index contributed by atoms with van der Waals surface area (Å²) in [6.45, 7) is 3.99. The molecule has 0 saturated carbocycles. The second-order valence-electron chi connectivity index (χ2n) is 6.63. The van der Waals surface area contributed by atoms with E-state index in [1.54, 1.807) is 10.8 Å². The SMILES string of the molecule is CN(Cc1noc2c1COCC2)C1CN(c2ccc3nncn3n2)C1. The number of anilines is 1. The van der Waals surface area contributed by atoms with Gasteiger partial charge in [-0.3, -0.25) is 4.90 Å². The van der Waals surface area contributed by atoms with Crippen LogP contribution in [-0.2, 0) is 24.3 Å². The monoisotopic (exact) mass is 341 g/mol. The van der Waals surface area contributed by atoms with Crippen molar-refractivity contribution in [3.8, 4) is 0 Å². The van der Waals surface area contributed by atoms with Crippen LogP contribution in [0.5, 0.6) is 0 Å². The van der Waals surface area contributed by atoms with E-state index in [1.165, 1.54) is 0 Å². The Morgan fingerprint density at radius 2 is 2.24 bits per heavy atom. The lowest BCUT2D eigenvalue weighted by Gasteiger charge is -2.44. The zero-order chi connectivity index (χ0) is 16.8. The third-order valence-electron chi connectivity index (χ3n) is 5.03. The zero-order valence-electron chi connectivity index (χ0n) is 14.0. The van der Waals surface area contributed by atoms with Gasteiger partial charge in [0.1, 0.15) is 23.6 Å². The molecule has 3 aromatic heterocycles. The third kappa shape index (κ3) is 2.56. The van der Waals surface area contributed by atoms with Crippen LogP contribution >= 0.6 is 0 Å². The van der Waals surface area contributed by atoms with Crippen molar-refractivity contribution in [2.24, 2.45) is 0 Å². The fourth-order valence-corrected chi connectivity index (χ4v) is 3.38. The predicted molar refractivity (Wildman–Crippen MR) is 88.1 cm³/mol. The van der Waals surface area contributed by atoms with E-state index in [2.05, 4.69) is 37.3 Å². The number of rotatable bonds is 4. The zero-order valence-corrected chi connectivity index (χ0v) is 14.0. The summed E-state index contributed by atoms with van der Waals surface area (Å²) in [6, 6.07) is 4.40. The van der Waals surface area contributed by atoms with E-state index in [4.69, 9.17) is 9.26 Å². The summed E-state index contributed by atoms with van der Waals surface area (Å²) in [4.78, 5) is 4.57. The lowest BCUT2D eigenvalue weighted by molar-refractivity contribution is 0.102. The van der Waals surface area contributed by atoms with Crippen LogP contribution in [0.4, 0.5) is 5.82 Å². The van der Waals surface area contributed by atoms with E-state index in [0.717, 1.165) is 61.1 Å². The first-order valence-electron chi connectivity index (χ1n) is 8.44. The Hall–Kier alpha value is -2.52. The molecule has 5 heterocycles. The lowest BCUT2D eigenvalue weighted by Crippen LogP contribution is -2.58. The summed E-state index contributed by atoms with van der Waals surface area (Å²) < 4.78 is 12.7. The second-order valence-corrected chi connectivity index (χ2v) is 6.63. The lowest BCUT2D eigenvalue weighted by atomic mass is 10.1. The van der Waals surface area contributed by atoms with Crippen molar-refractivity contribution in [1.29, 1.82) is 0 Å². The molecular weight excluding hydrogens is 322 g/mol. The van der Waals surface area contributed by atoms with Crippen molar-refractivity contribution in [2.45, 2.75) is 25.6 Å². The Labute approximate surface area is 144 Å². The quantitative estimate of drug-likeness (QED) is 0.678.